The van der Waals surface area contributed by atoms with Gasteiger partial charge in [0.15, 0.2) is 0 Å². The van der Waals surface area contributed by atoms with Crippen LogP contribution in [0.3, 0.4) is 0 Å². The molecule has 33 heavy (non-hydrogen) atoms. The topological polar surface area (TPSA) is 79.8 Å². The molecular formula is C21H23F4N5O3. The van der Waals surface area contributed by atoms with Crippen molar-refractivity contribution in [2.75, 3.05) is 44.2 Å². The highest BCUT2D eigenvalue weighted by molar-refractivity contribution is 5.92. The van der Waals surface area contributed by atoms with E-state index in [1.165, 1.54) is 18.2 Å². The summed E-state index contributed by atoms with van der Waals surface area (Å²) in [5.41, 5.74) is 0.117. The molecule has 0 spiro atoms. The van der Waals surface area contributed by atoms with Gasteiger partial charge < -0.3 is 19.7 Å². The highest BCUT2D eigenvalue weighted by Crippen LogP contribution is 2.28. The number of benzene rings is 1. The Bertz CT molecular complexity index is 925. The molecule has 1 aromatic heterocycles. The van der Waals surface area contributed by atoms with Gasteiger partial charge in [0.05, 0.1) is 0 Å². The zero-order chi connectivity index (χ0) is 23.6. The van der Waals surface area contributed by atoms with Crippen molar-refractivity contribution in [3.8, 4) is 11.5 Å². The molecule has 0 atom stereocenters. The number of halogens is 4. The van der Waals surface area contributed by atoms with Gasteiger partial charge in [0.1, 0.15) is 11.5 Å². The van der Waals surface area contributed by atoms with Crippen LogP contribution in [0.2, 0.25) is 0 Å². The molecule has 1 aliphatic heterocycles. The highest BCUT2D eigenvalue weighted by atomic mass is 19.3. The van der Waals surface area contributed by atoms with Crippen LogP contribution in [0.1, 0.15) is 5.56 Å². The van der Waals surface area contributed by atoms with E-state index in [0.29, 0.717) is 19.0 Å². The van der Waals surface area contributed by atoms with Crippen molar-refractivity contribution in [2.24, 2.45) is 0 Å². The number of nitrogens with one attached hydrogen (secondary N) is 1. The van der Waals surface area contributed by atoms with Gasteiger partial charge in [0, 0.05) is 69.4 Å². The van der Waals surface area contributed by atoms with E-state index >= 15 is 0 Å². The fraction of sp³-hybridized carbons (Fsp3) is 0.381. The second-order valence-electron chi connectivity index (χ2n) is 6.96. The summed E-state index contributed by atoms with van der Waals surface area (Å²) in [7, 11) is 0. The molecule has 0 unspecified atom stereocenters. The molecule has 0 saturated carbocycles. The van der Waals surface area contributed by atoms with Gasteiger partial charge in [-0.2, -0.15) is 17.6 Å². The molecule has 0 aliphatic carbocycles. The van der Waals surface area contributed by atoms with E-state index in [0.717, 1.165) is 38.3 Å². The van der Waals surface area contributed by atoms with Gasteiger partial charge in [0.2, 0.25) is 11.9 Å². The summed E-state index contributed by atoms with van der Waals surface area (Å²) in [4.78, 5) is 24.8. The minimum atomic E-state index is -3.17. The van der Waals surface area contributed by atoms with Gasteiger partial charge in [-0.05, 0) is 24.3 Å². The number of hydrogen-bond donors (Lipinski definition) is 1. The third-order valence-corrected chi connectivity index (χ3v) is 4.78. The third-order valence-electron chi connectivity index (χ3n) is 4.78. The number of amides is 1. The van der Waals surface area contributed by atoms with E-state index in [2.05, 4.69) is 34.6 Å². The first-order chi connectivity index (χ1) is 15.9. The zero-order valence-electron chi connectivity index (χ0n) is 17.5. The monoisotopic (exact) mass is 469 g/mol. The van der Waals surface area contributed by atoms with Gasteiger partial charge in [-0.15, -0.1) is 0 Å². The summed E-state index contributed by atoms with van der Waals surface area (Å²) >= 11 is 0. The Morgan fingerprint density at radius 3 is 2.42 bits per heavy atom. The second-order valence-corrected chi connectivity index (χ2v) is 6.96. The number of hydrogen-bond acceptors (Lipinski definition) is 7. The number of alkyl halides is 4. The van der Waals surface area contributed by atoms with Crippen LogP contribution >= 0.6 is 0 Å². The zero-order valence-corrected chi connectivity index (χ0v) is 17.5. The number of ether oxygens (including phenoxy) is 2. The number of anilines is 1. The summed E-state index contributed by atoms with van der Waals surface area (Å²) in [6, 6.07) is 5.09. The second kappa shape index (κ2) is 12.0. The Balaban J connectivity index is 1.45. The molecule has 178 valence electrons. The van der Waals surface area contributed by atoms with Gasteiger partial charge in [-0.1, -0.05) is 0 Å². The maximum absolute atomic E-state index is 12.6. The van der Waals surface area contributed by atoms with Crippen molar-refractivity contribution in [3.05, 3.63) is 48.3 Å². The molecule has 8 nitrogen and oxygen atoms in total. The Morgan fingerprint density at radius 2 is 1.76 bits per heavy atom. The normalized spacial score (nSPS) is 14.8. The minimum absolute atomic E-state index is 0.117. The molecule has 1 saturated heterocycles. The van der Waals surface area contributed by atoms with Gasteiger partial charge >= 0.3 is 13.2 Å². The molecule has 2 aromatic rings. The van der Waals surface area contributed by atoms with E-state index in [1.807, 2.05) is 0 Å². The van der Waals surface area contributed by atoms with Crippen molar-refractivity contribution in [1.82, 2.24) is 20.2 Å². The lowest BCUT2D eigenvalue weighted by atomic mass is 10.1. The molecule has 1 fully saturated rings. The van der Waals surface area contributed by atoms with Gasteiger partial charge in [0.25, 0.3) is 0 Å². The van der Waals surface area contributed by atoms with Gasteiger partial charge in [-0.3, -0.25) is 9.69 Å². The lowest BCUT2D eigenvalue weighted by Gasteiger charge is -2.34. The van der Waals surface area contributed by atoms with Crippen LogP contribution in [0.15, 0.2) is 42.7 Å². The summed E-state index contributed by atoms with van der Waals surface area (Å²) < 4.78 is 58.4. The van der Waals surface area contributed by atoms with E-state index in [9.17, 15) is 22.4 Å². The average Bonchev–Trinajstić information content (AvgIpc) is 2.79. The van der Waals surface area contributed by atoms with Crippen LogP contribution in [0, 0.1) is 0 Å². The first-order valence-corrected chi connectivity index (χ1v) is 10.1. The first kappa shape index (κ1) is 24.2. The fourth-order valence-electron chi connectivity index (χ4n) is 3.21. The minimum Gasteiger partial charge on any atom is -0.435 e. The van der Waals surface area contributed by atoms with Crippen molar-refractivity contribution in [3.63, 3.8) is 0 Å². The quantitative estimate of drug-likeness (QED) is 0.423. The molecule has 0 radical (unpaired) electrons. The van der Waals surface area contributed by atoms with E-state index in [-0.39, 0.29) is 17.1 Å². The number of carbonyl (C=O) groups is 1. The number of nitrogens with zero attached hydrogens (tertiary/aromatic N) is 4. The lowest BCUT2D eigenvalue weighted by molar-refractivity contribution is -0.116. The maximum Gasteiger partial charge on any atom is 0.387 e. The molecule has 12 heteroatoms. The van der Waals surface area contributed by atoms with E-state index < -0.39 is 19.1 Å². The number of rotatable bonds is 10. The Hall–Kier alpha value is -3.41. The first-order valence-electron chi connectivity index (χ1n) is 10.1. The number of carbonyl (C=O) groups excluding carboxylic acids is 1. The Morgan fingerprint density at radius 1 is 1.06 bits per heavy atom. The number of piperazine rings is 1. The van der Waals surface area contributed by atoms with E-state index in [4.69, 9.17) is 0 Å². The molecular weight excluding hydrogens is 446 g/mol. The summed E-state index contributed by atoms with van der Waals surface area (Å²) in [5, 5.41) is 2.72. The van der Waals surface area contributed by atoms with Crippen molar-refractivity contribution in [2.45, 2.75) is 13.2 Å². The average molecular weight is 469 g/mol. The van der Waals surface area contributed by atoms with E-state index in [1.54, 1.807) is 18.5 Å². The number of aromatic nitrogens is 2. The molecule has 1 N–H and O–H groups in total. The predicted molar refractivity (Wildman–Crippen MR) is 112 cm³/mol. The lowest BCUT2D eigenvalue weighted by Crippen LogP contribution is -2.48. The summed E-state index contributed by atoms with van der Waals surface area (Å²) in [6.07, 6.45) is 5.82. The highest BCUT2D eigenvalue weighted by Gasteiger charge is 2.18. The smallest absolute Gasteiger partial charge is 0.387 e. The van der Waals surface area contributed by atoms with Crippen molar-refractivity contribution in [1.29, 1.82) is 0 Å². The SMILES string of the molecule is O=C(/C=C/c1ccc(OC(F)F)cc1OC(F)F)NCCN1CCN(c2ncccn2)CC1. The molecule has 3 rings (SSSR count). The van der Waals surface area contributed by atoms with Crippen LogP contribution in [0.5, 0.6) is 11.5 Å². The van der Waals surface area contributed by atoms with Crippen LogP contribution in [0.4, 0.5) is 23.5 Å². The fourth-order valence-corrected chi connectivity index (χ4v) is 3.21. The van der Waals surface area contributed by atoms with Gasteiger partial charge in [-0.25, -0.2) is 9.97 Å². The molecule has 0 bridgehead atoms. The molecule has 1 amide bonds. The third kappa shape index (κ3) is 7.90. The standard InChI is InChI=1S/C21H23F4N5O3/c22-19(23)32-16-4-2-15(17(14-16)33-20(24)25)3-5-18(31)26-8-9-29-10-12-30(13-11-29)21-27-6-1-7-28-21/h1-7,14,19-20H,8-13H2,(H,26,31)/b5-3+. The van der Waals surface area contributed by atoms with Crippen LogP contribution < -0.4 is 19.7 Å². The largest absolute Gasteiger partial charge is 0.435 e. The van der Waals surface area contributed by atoms with Crippen molar-refractivity contribution >= 4 is 17.9 Å². The Labute approximate surface area is 187 Å². The van der Waals surface area contributed by atoms with Crippen LogP contribution in [0.25, 0.3) is 6.08 Å². The molecule has 1 aliphatic rings. The van der Waals surface area contributed by atoms with Crippen LogP contribution in [-0.4, -0.2) is 73.3 Å². The van der Waals surface area contributed by atoms with Crippen LogP contribution in [-0.2, 0) is 4.79 Å². The van der Waals surface area contributed by atoms with Crippen molar-refractivity contribution < 1.29 is 31.8 Å². The molecule has 2 heterocycles. The molecule has 1 aromatic carbocycles. The maximum atomic E-state index is 12.6. The Kier molecular flexibility index (Phi) is 8.81. The summed E-state index contributed by atoms with van der Waals surface area (Å²) in [6.45, 7) is -2.09. The summed E-state index contributed by atoms with van der Waals surface area (Å²) in [5.74, 6) is -0.449. The predicted octanol–water partition coefficient (Wildman–Crippen LogP) is 2.63.